The predicted octanol–water partition coefficient (Wildman–Crippen LogP) is 1.49. The Morgan fingerprint density at radius 3 is 3.15 bits per heavy atom. The molecule has 0 spiro atoms. The average Bonchev–Trinajstić information content (AvgIpc) is 2.72. The highest BCUT2D eigenvalue weighted by Crippen LogP contribution is 2.06. The highest BCUT2D eigenvalue weighted by Gasteiger charge is 1.98. The van der Waals surface area contributed by atoms with Gasteiger partial charge in [-0.1, -0.05) is 4.49 Å². The standard InChI is InChI=1S/C8H10N4S/c1-12-4-2-3-7(12)5-9-8-6-13-11-10-8/h2-4,6,9H,5H2,1H3. The average molecular weight is 194 g/mol. The molecule has 0 radical (unpaired) electrons. The van der Waals surface area contributed by atoms with Crippen LogP contribution in [0.2, 0.25) is 0 Å². The summed E-state index contributed by atoms with van der Waals surface area (Å²) in [6.07, 6.45) is 2.02. The molecular formula is C8H10N4S. The summed E-state index contributed by atoms with van der Waals surface area (Å²) in [4.78, 5) is 0. The van der Waals surface area contributed by atoms with Crippen molar-refractivity contribution in [3.63, 3.8) is 0 Å². The van der Waals surface area contributed by atoms with Gasteiger partial charge in [0.15, 0.2) is 5.82 Å². The Bertz CT molecular complexity index is 365. The van der Waals surface area contributed by atoms with Gasteiger partial charge >= 0.3 is 0 Å². The van der Waals surface area contributed by atoms with Crippen molar-refractivity contribution in [2.45, 2.75) is 6.54 Å². The maximum Gasteiger partial charge on any atom is 0.161 e. The molecule has 0 unspecified atom stereocenters. The van der Waals surface area contributed by atoms with Crippen molar-refractivity contribution < 1.29 is 0 Å². The van der Waals surface area contributed by atoms with Crippen molar-refractivity contribution in [1.29, 1.82) is 0 Å². The molecule has 0 aliphatic carbocycles. The van der Waals surface area contributed by atoms with E-state index >= 15 is 0 Å². The lowest BCUT2D eigenvalue weighted by atomic mass is 10.4. The second-order valence-corrected chi connectivity index (χ2v) is 3.36. The number of anilines is 1. The van der Waals surface area contributed by atoms with Crippen LogP contribution in [0, 0.1) is 0 Å². The topological polar surface area (TPSA) is 42.7 Å². The zero-order chi connectivity index (χ0) is 9.10. The van der Waals surface area contributed by atoms with Crippen LogP contribution in [0.4, 0.5) is 5.82 Å². The van der Waals surface area contributed by atoms with Gasteiger partial charge in [0, 0.05) is 18.9 Å². The highest BCUT2D eigenvalue weighted by atomic mass is 32.1. The normalized spacial score (nSPS) is 10.2. The lowest BCUT2D eigenvalue weighted by Crippen LogP contribution is -2.03. The van der Waals surface area contributed by atoms with Crippen LogP contribution in [0.25, 0.3) is 0 Å². The van der Waals surface area contributed by atoms with E-state index in [0.717, 1.165) is 12.4 Å². The molecule has 0 amide bonds. The van der Waals surface area contributed by atoms with Gasteiger partial charge in [0.05, 0.1) is 11.9 Å². The van der Waals surface area contributed by atoms with E-state index in [1.807, 2.05) is 24.7 Å². The van der Waals surface area contributed by atoms with Gasteiger partial charge in [-0.3, -0.25) is 0 Å². The highest BCUT2D eigenvalue weighted by molar-refractivity contribution is 7.03. The molecule has 0 aliphatic heterocycles. The van der Waals surface area contributed by atoms with Gasteiger partial charge in [-0.2, -0.15) is 0 Å². The van der Waals surface area contributed by atoms with Gasteiger partial charge < -0.3 is 9.88 Å². The van der Waals surface area contributed by atoms with Gasteiger partial charge in [-0.15, -0.1) is 5.10 Å². The second-order valence-electron chi connectivity index (χ2n) is 2.75. The Hall–Kier alpha value is -1.36. The van der Waals surface area contributed by atoms with E-state index in [1.165, 1.54) is 17.2 Å². The van der Waals surface area contributed by atoms with Crippen LogP contribution in [0.1, 0.15) is 5.69 Å². The van der Waals surface area contributed by atoms with Gasteiger partial charge in [0.25, 0.3) is 0 Å². The summed E-state index contributed by atoms with van der Waals surface area (Å²) in [6, 6.07) is 4.10. The lowest BCUT2D eigenvalue weighted by Gasteiger charge is -2.03. The number of aromatic nitrogens is 3. The van der Waals surface area contributed by atoms with Crippen molar-refractivity contribution in [2.75, 3.05) is 5.32 Å². The Kier molecular flexibility index (Phi) is 2.27. The van der Waals surface area contributed by atoms with E-state index in [4.69, 9.17) is 0 Å². The first-order valence-corrected chi connectivity index (χ1v) is 4.81. The molecule has 2 aromatic rings. The van der Waals surface area contributed by atoms with E-state index in [0.29, 0.717) is 0 Å². The fourth-order valence-corrected chi connectivity index (χ4v) is 1.52. The van der Waals surface area contributed by atoms with Gasteiger partial charge in [-0.25, -0.2) is 0 Å². The molecule has 0 aromatic carbocycles. The van der Waals surface area contributed by atoms with Gasteiger partial charge in [0.1, 0.15) is 0 Å². The molecule has 2 heterocycles. The largest absolute Gasteiger partial charge is 0.362 e. The smallest absolute Gasteiger partial charge is 0.161 e. The fourth-order valence-electron chi connectivity index (χ4n) is 1.10. The molecule has 2 aromatic heterocycles. The molecule has 1 N–H and O–H groups in total. The summed E-state index contributed by atoms with van der Waals surface area (Å²) in [5.41, 5.74) is 1.23. The first kappa shape index (κ1) is 8.25. The maximum absolute atomic E-state index is 3.89. The van der Waals surface area contributed by atoms with Crippen molar-refractivity contribution in [1.82, 2.24) is 14.2 Å². The zero-order valence-corrected chi connectivity index (χ0v) is 8.08. The third-order valence-corrected chi connectivity index (χ3v) is 2.37. The van der Waals surface area contributed by atoms with Crippen molar-refractivity contribution in [2.24, 2.45) is 7.05 Å². The molecule has 5 heteroatoms. The molecule has 0 saturated carbocycles. The predicted molar refractivity (Wildman–Crippen MR) is 52.6 cm³/mol. The minimum atomic E-state index is 0.787. The lowest BCUT2D eigenvalue weighted by molar-refractivity contribution is 0.839. The summed E-state index contributed by atoms with van der Waals surface area (Å²) < 4.78 is 5.84. The SMILES string of the molecule is Cn1cccc1CNc1csnn1. The molecule has 4 nitrogen and oxygen atoms in total. The number of aryl methyl sites for hydroxylation is 1. The third kappa shape index (κ3) is 1.86. The molecule has 0 bridgehead atoms. The maximum atomic E-state index is 3.89. The molecule has 2 rings (SSSR count). The van der Waals surface area contributed by atoms with Crippen LogP contribution < -0.4 is 5.32 Å². The number of rotatable bonds is 3. The van der Waals surface area contributed by atoms with E-state index < -0.39 is 0 Å². The number of hydrogen-bond donors (Lipinski definition) is 1. The van der Waals surface area contributed by atoms with Crippen molar-refractivity contribution in [3.8, 4) is 0 Å². The number of nitrogens with zero attached hydrogens (tertiary/aromatic N) is 3. The van der Waals surface area contributed by atoms with Crippen molar-refractivity contribution >= 4 is 17.4 Å². The quantitative estimate of drug-likeness (QED) is 0.805. The van der Waals surface area contributed by atoms with E-state index in [2.05, 4.69) is 25.5 Å². The zero-order valence-electron chi connectivity index (χ0n) is 7.27. The summed E-state index contributed by atoms with van der Waals surface area (Å²) in [7, 11) is 2.02. The Balaban J connectivity index is 1.97. The van der Waals surface area contributed by atoms with Crippen molar-refractivity contribution in [3.05, 3.63) is 29.4 Å². The van der Waals surface area contributed by atoms with Crippen LogP contribution in [0.3, 0.4) is 0 Å². The van der Waals surface area contributed by atoms with Crippen LogP contribution in [-0.4, -0.2) is 14.2 Å². The monoisotopic (exact) mass is 194 g/mol. The Labute approximate surface area is 80.4 Å². The fraction of sp³-hybridized carbons (Fsp3) is 0.250. The summed E-state index contributed by atoms with van der Waals surface area (Å²) >= 11 is 1.35. The molecule has 0 saturated heterocycles. The second kappa shape index (κ2) is 3.57. The minimum Gasteiger partial charge on any atom is -0.362 e. The van der Waals surface area contributed by atoms with Crippen LogP contribution >= 0.6 is 11.5 Å². The number of nitrogens with one attached hydrogen (secondary N) is 1. The van der Waals surface area contributed by atoms with Gasteiger partial charge in [0.2, 0.25) is 0 Å². The summed E-state index contributed by atoms with van der Waals surface area (Å²) in [5.74, 6) is 0.839. The summed E-state index contributed by atoms with van der Waals surface area (Å²) in [6.45, 7) is 0.787. The van der Waals surface area contributed by atoms with Crippen LogP contribution in [0.15, 0.2) is 23.7 Å². The molecule has 0 atom stereocenters. The molecule has 0 fully saturated rings. The molecule has 13 heavy (non-hydrogen) atoms. The minimum absolute atomic E-state index is 0.787. The third-order valence-electron chi connectivity index (χ3n) is 1.86. The number of hydrogen-bond acceptors (Lipinski definition) is 4. The first-order valence-electron chi connectivity index (χ1n) is 3.97. The molecular weight excluding hydrogens is 184 g/mol. The van der Waals surface area contributed by atoms with E-state index in [-0.39, 0.29) is 0 Å². The van der Waals surface area contributed by atoms with E-state index in [9.17, 15) is 0 Å². The van der Waals surface area contributed by atoms with Gasteiger partial charge in [-0.05, 0) is 23.7 Å². The Morgan fingerprint density at radius 1 is 1.62 bits per heavy atom. The summed E-state index contributed by atoms with van der Waals surface area (Å²) in [5, 5.41) is 8.97. The van der Waals surface area contributed by atoms with Crippen LogP contribution in [-0.2, 0) is 13.6 Å². The Morgan fingerprint density at radius 2 is 2.54 bits per heavy atom. The molecule has 68 valence electrons. The van der Waals surface area contributed by atoms with E-state index in [1.54, 1.807) is 0 Å². The van der Waals surface area contributed by atoms with Crippen LogP contribution in [0.5, 0.6) is 0 Å². The first-order chi connectivity index (χ1) is 6.36. The molecule has 0 aliphatic rings.